The number of aromatic nitrogens is 1. The van der Waals surface area contributed by atoms with E-state index in [2.05, 4.69) is 4.98 Å². The van der Waals surface area contributed by atoms with Crippen LogP contribution in [-0.2, 0) is 0 Å². The lowest BCUT2D eigenvalue weighted by molar-refractivity contribution is 0.0915. The van der Waals surface area contributed by atoms with Gasteiger partial charge in [0.25, 0.3) is 0 Å². The van der Waals surface area contributed by atoms with Gasteiger partial charge in [0, 0.05) is 17.7 Å². The van der Waals surface area contributed by atoms with Crippen LogP contribution in [0, 0.1) is 11.8 Å². The van der Waals surface area contributed by atoms with Crippen LogP contribution in [0.15, 0.2) is 18.5 Å². The molecule has 0 radical (unpaired) electrons. The van der Waals surface area contributed by atoms with E-state index in [4.69, 9.17) is 4.74 Å². The van der Waals surface area contributed by atoms with Crippen molar-refractivity contribution in [3.8, 4) is 5.75 Å². The van der Waals surface area contributed by atoms with Gasteiger partial charge in [-0.15, -0.1) is 0 Å². The highest BCUT2D eigenvalue weighted by Crippen LogP contribution is 2.38. The first kappa shape index (κ1) is 12.1. The topological polar surface area (TPSA) is 39.2 Å². The Hall–Kier alpha value is -1.38. The summed E-state index contributed by atoms with van der Waals surface area (Å²) in [7, 11) is 0. The number of hydrogen-bond acceptors (Lipinski definition) is 3. The second-order valence-corrected chi connectivity index (χ2v) is 5.07. The number of pyridine rings is 1. The number of ether oxygens (including phenoxy) is 1. The minimum atomic E-state index is 0.100. The van der Waals surface area contributed by atoms with Crippen LogP contribution in [0.1, 0.15) is 44.0 Å². The SMILES string of the molecule is CC(C)Oc1cncc(C(=O)C(C)C2CC2)c1. The molecule has 3 heteroatoms. The maximum Gasteiger partial charge on any atom is 0.167 e. The molecule has 3 nitrogen and oxygen atoms in total. The van der Waals surface area contributed by atoms with Gasteiger partial charge >= 0.3 is 0 Å². The number of Topliss-reactive ketones (excluding diaryl/α,β-unsaturated/α-hetero) is 1. The van der Waals surface area contributed by atoms with Crippen molar-refractivity contribution >= 4 is 5.78 Å². The molecular formula is C14H19NO2. The van der Waals surface area contributed by atoms with Crippen LogP contribution < -0.4 is 4.74 Å². The van der Waals surface area contributed by atoms with Crippen LogP contribution in [0.3, 0.4) is 0 Å². The number of hydrogen-bond donors (Lipinski definition) is 0. The quantitative estimate of drug-likeness (QED) is 0.733. The largest absolute Gasteiger partial charge is 0.489 e. The minimum absolute atomic E-state index is 0.100. The monoisotopic (exact) mass is 233 g/mol. The molecule has 2 rings (SSSR count). The van der Waals surface area contributed by atoms with Crippen LogP contribution >= 0.6 is 0 Å². The van der Waals surface area contributed by atoms with Gasteiger partial charge < -0.3 is 4.74 Å². The van der Waals surface area contributed by atoms with E-state index in [1.165, 1.54) is 12.8 Å². The van der Waals surface area contributed by atoms with Crippen molar-refractivity contribution in [2.45, 2.75) is 39.7 Å². The van der Waals surface area contributed by atoms with Crippen LogP contribution in [0.4, 0.5) is 0 Å². The Morgan fingerprint density at radius 2 is 2.06 bits per heavy atom. The van der Waals surface area contributed by atoms with Gasteiger partial charge in [-0.05, 0) is 38.7 Å². The van der Waals surface area contributed by atoms with Gasteiger partial charge in [0.2, 0.25) is 0 Å². The number of rotatable bonds is 5. The molecular weight excluding hydrogens is 214 g/mol. The second kappa shape index (κ2) is 4.86. The summed E-state index contributed by atoms with van der Waals surface area (Å²) in [6.07, 6.45) is 5.75. The van der Waals surface area contributed by atoms with E-state index in [9.17, 15) is 4.79 Å². The molecule has 0 N–H and O–H groups in total. The maximum absolute atomic E-state index is 12.2. The molecule has 1 aliphatic rings. The minimum Gasteiger partial charge on any atom is -0.489 e. The van der Waals surface area contributed by atoms with E-state index < -0.39 is 0 Å². The molecule has 1 unspecified atom stereocenters. The third-order valence-corrected chi connectivity index (χ3v) is 3.11. The van der Waals surface area contributed by atoms with Crippen LogP contribution in [0.25, 0.3) is 0 Å². The fraction of sp³-hybridized carbons (Fsp3) is 0.571. The van der Waals surface area contributed by atoms with E-state index in [1.807, 2.05) is 20.8 Å². The van der Waals surface area contributed by atoms with Gasteiger partial charge in [0.1, 0.15) is 5.75 Å². The molecule has 0 bridgehead atoms. The van der Waals surface area contributed by atoms with Crippen molar-refractivity contribution < 1.29 is 9.53 Å². The summed E-state index contributed by atoms with van der Waals surface area (Å²) in [5, 5.41) is 0. The van der Waals surface area contributed by atoms with Crippen molar-refractivity contribution in [1.29, 1.82) is 0 Å². The Kier molecular flexibility index (Phi) is 3.46. The Labute approximate surface area is 102 Å². The summed E-state index contributed by atoms with van der Waals surface area (Å²) in [6, 6.07) is 1.80. The molecule has 1 aromatic rings. The third-order valence-electron chi connectivity index (χ3n) is 3.11. The highest BCUT2D eigenvalue weighted by molar-refractivity contribution is 5.98. The summed E-state index contributed by atoms with van der Waals surface area (Å²) in [5.41, 5.74) is 0.669. The number of nitrogens with zero attached hydrogens (tertiary/aromatic N) is 1. The van der Waals surface area contributed by atoms with Crippen LogP contribution in [0.5, 0.6) is 5.75 Å². The Balaban J connectivity index is 2.11. The van der Waals surface area contributed by atoms with Gasteiger partial charge in [-0.1, -0.05) is 6.92 Å². The summed E-state index contributed by atoms with van der Waals surface area (Å²) in [5.74, 6) is 1.56. The molecule has 0 aliphatic heterocycles. The molecule has 0 aromatic carbocycles. The Morgan fingerprint density at radius 1 is 1.35 bits per heavy atom. The molecule has 1 atom stereocenters. The first-order valence-electron chi connectivity index (χ1n) is 6.24. The van der Waals surface area contributed by atoms with Gasteiger partial charge in [-0.25, -0.2) is 0 Å². The number of ketones is 1. The molecule has 1 aliphatic carbocycles. The average Bonchev–Trinajstić information content (AvgIpc) is 3.10. The standard InChI is InChI=1S/C14H19NO2/c1-9(2)17-13-6-12(7-15-8-13)14(16)10(3)11-4-5-11/h6-11H,4-5H2,1-3H3. The molecule has 1 fully saturated rings. The lowest BCUT2D eigenvalue weighted by Crippen LogP contribution is -2.14. The first-order valence-corrected chi connectivity index (χ1v) is 6.24. The van der Waals surface area contributed by atoms with Gasteiger partial charge in [-0.2, -0.15) is 0 Å². The Bertz CT molecular complexity index is 410. The van der Waals surface area contributed by atoms with Gasteiger partial charge in [-0.3, -0.25) is 9.78 Å². The second-order valence-electron chi connectivity index (χ2n) is 5.07. The van der Waals surface area contributed by atoms with Crippen LogP contribution in [-0.4, -0.2) is 16.9 Å². The molecule has 92 valence electrons. The molecule has 0 amide bonds. The summed E-state index contributed by atoms with van der Waals surface area (Å²) in [4.78, 5) is 16.2. The van der Waals surface area contributed by atoms with Gasteiger partial charge in [0.05, 0.1) is 12.3 Å². The predicted molar refractivity (Wildman–Crippen MR) is 66.2 cm³/mol. The van der Waals surface area contributed by atoms with Crippen LogP contribution in [0.2, 0.25) is 0 Å². The maximum atomic E-state index is 12.2. The van der Waals surface area contributed by atoms with Crippen molar-refractivity contribution in [2.75, 3.05) is 0 Å². The number of carbonyl (C=O) groups excluding carboxylic acids is 1. The van der Waals surface area contributed by atoms with Crippen molar-refractivity contribution in [2.24, 2.45) is 11.8 Å². The van der Waals surface area contributed by atoms with Crippen molar-refractivity contribution in [1.82, 2.24) is 4.98 Å². The molecule has 0 spiro atoms. The van der Waals surface area contributed by atoms with Crippen molar-refractivity contribution in [3.63, 3.8) is 0 Å². The summed E-state index contributed by atoms with van der Waals surface area (Å²) >= 11 is 0. The van der Waals surface area contributed by atoms with E-state index in [0.29, 0.717) is 17.2 Å². The molecule has 1 aromatic heterocycles. The van der Waals surface area contributed by atoms with E-state index >= 15 is 0 Å². The van der Waals surface area contributed by atoms with E-state index in [1.54, 1.807) is 18.5 Å². The molecule has 17 heavy (non-hydrogen) atoms. The fourth-order valence-corrected chi connectivity index (χ4v) is 1.96. The molecule has 1 saturated carbocycles. The lowest BCUT2D eigenvalue weighted by Gasteiger charge is -2.12. The smallest absolute Gasteiger partial charge is 0.167 e. The fourth-order valence-electron chi connectivity index (χ4n) is 1.96. The molecule has 1 heterocycles. The Morgan fingerprint density at radius 3 is 2.65 bits per heavy atom. The zero-order valence-electron chi connectivity index (χ0n) is 10.6. The zero-order valence-corrected chi connectivity index (χ0v) is 10.6. The zero-order chi connectivity index (χ0) is 12.4. The third kappa shape index (κ3) is 3.05. The number of carbonyl (C=O) groups is 1. The first-order chi connectivity index (χ1) is 8.08. The lowest BCUT2D eigenvalue weighted by atomic mass is 9.96. The van der Waals surface area contributed by atoms with Gasteiger partial charge in [0.15, 0.2) is 5.78 Å². The highest BCUT2D eigenvalue weighted by atomic mass is 16.5. The van der Waals surface area contributed by atoms with E-state index in [0.717, 1.165) is 0 Å². The predicted octanol–water partition coefficient (Wildman–Crippen LogP) is 3.10. The van der Waals surface area contributed by atoms with Crippen molar-refractivity contribution in [3.05, 3.63) is 24.0 Å². The average molecular weight is 233 g/mol. The van der Waals surface area contributed by atoms with E-state index in [-0.39, 0.29) is 17.8 Å². The normalized spacial score (nSPS) is 16.9. The highest BCUT2D eigenvalue weighted by Gasteiger charge is 2.33. The summed E-state index contributed by atoms with van der Waals surface area (Å²) < 4.78 is 5.55. The summed E-state index contributed by atoms with van der Waals surface area (Å²) in [6.45, 7) is 5.93. The molecule has 0 saturated heterocycles.